The van der Waals surface area contributed by atoms with Gasteiger partial charge in [-0.3, -0.25) is 9.20 Å². The van der Waals surface area contributed by atoms with E-state index >= 15 is 0 Å². The molecule has 0 aliphatic heterocycles. The first-order chi connectivity index (χ1) is 13.5. The highest BCUT2D eigenvalue weighted by atomic mass is 35.5. The lowest BCUT2D eigenvalue weighted by molar-refractivity contribution is 0.100. The maximum absolute atomic E-state index is 11.9. The van der Waals surface area contributed by atoms with Gasteiger partial charge in [-0.1, -0.05) is 41.9 Å². The number of carbonyl (C=O) groups is 1. The molecule has 1 amide bonds. The maximum atomic E-state index is 11.9. The number of carbonyl (C=O) groups excluding carboxylic acids is 1. The monoisotopic (exact) mass is 392 g/mol. The number of hydrogen-bond donors (Lipinski definition) is 2. The van der Waals surface area contributed by atoms with E-state index in [0.29, 0.717) is 28.0 Å². The number of anilines is 1. The van der Waals surface area contributed by atoms with Crippen LogP contribution in [-0.2, 0) is 0 Å². The number of rotatable bonds is 5. The van der Waals surface area contributed by atoms with Crippen LogP contribution in [0.25, 0.3) is 17.0 Å². The summed E-state index contributed by atoms with van der Waals surface area (Å²) in [5, 5.41) is 3.76. The molecule has 0 radical (unpaired) electrons. The number of pyridine rings is 1. The third-order valence-electron chi connectivity index (χ3n) is 4.43. The summed E-state index contributed by atoms with van der Waals surface area (Å²) in [4.78, 5) is 25.1. The summed E-state index contributed by atoms with van der Waals surface area (Å²) in [6.45, 7) is 2.01. The van der Waals surface area contributed by atoms with E-state index in [1.807, 2.05) is 37.3 Å². The van der Waals surface area contributed by atoms with Crippen molar-refractivity contribution in [1.29, 1.82) is 0 Å². The van der Waals surface area contributed by atoms with E-state index in [1.54, 1.807) is 28.9 Å². The fourth-order valence-corrected chi connectivity index (χ4v) is 3.21. The minimum Gasteiger partial charge on any atom is -0.365 e. The van der Waals surface area contributed by atoms with Crippen LogP contribution in [0.4, 0.5) is 5.95 Å². The Balaban J connectivity index is 1.78. The molecule has 0 fully saturated rings. The second-order valence-electron chi connectivity index (χ2n) is 6.29. The molecule has 0 saturated heterocycles. The summed E-state index contributed by atoms with van der Waals surface area (Å²) < 4.78 is 1.77. The Morgan fingerprint density at radius 2 is 1.93 bits per heavy atom. The van der Waals surface area contributed by atoms with Crippen molar-refractivity contribution >= 4 is 29.1 Å². The Labute approximate surface area is 166 Å². The van der Waals surface area contributed by atoms with Crippen molar-refractivity contribution in [3.05, 3.63) is 77.2 Å². The molecule has 7 nitrogen and oxygen atoms in total. The average Bonchev–Trinajstić information content (AvgIpc) is 3.14. The van der Waals surface area contributed by atoms with Gasteiger partial charge in [0, 0.05) is 12.4 Å². The van der Waals surface area contributed by atoms with Crippen molar-refractivity contribution in [2.45, 2.75) is 13.0 Å². The molecule has 0 saturated carbocycles. The zero-order chi connectivity index (χ0) is 19.7. The number of nitrogens with one attached hydrogen (secondary N) is 1. The van der Waals surface area contributed by atoms with E-state index in [-0.39, 0.29) is 11.6 Å². The van der Waals surface area contributed by atoms with Gasteiger partial charge in [-0.05, 0) is 24.6 Å². The Bertz CT molecular complexity index is 1160. The first-order valence-corrected chi connectivity index (χ1v) is 9.02. The van der Waals surface area contributed by atoms with Gasteiger partial charge in [0.25, 0.3) is 5.91 Å². The quantitative estimate of drug-likeness (QED) is 0.539. The van der Waals surface area contributed by atoms with E-state index in [9.17, 15) is 4.79 Å². The Morgan fingerprint density at radius 1 is 1.14 bits per heavy atom. The molecule has 3 heterocycles. The minimum absolute atomic E-state index is 0.0230. The molecule has 4 aromatic rings. The number of amides is 1. The highest BCUT2D eigenvalue weighted by Gasteiger charge is 2.19. The van der Waals surface area contributed by atoms with Crippen molar-refractivity contribution < 1.29 is 4.79 Å². The maximum Gasteiger partial charge on any atom is 0.252 e. The standard InChI is InChI=1S/C20H17ClN6O/c1-12(13-6-3-2-4-7-13)25-20-24-10-14(18(22)28)17(26-20)16-11-23-19-15(21)8-5-9-27(16)19/h2-12H,1H3,(H2,22,28)(H,24,25,26)/t12-/m0/s1. The van der Waals surface area contributed by atoms with Crippen LogP contribution in [0.5, 0.6) is 0 Å². The molecular formula is C20H17ClN6O. The molecule has 0 unspecified atom stereocenters. The molecule has 0 spiro atoms. The summed E-state index contributed by atoms with van der Waals surface area (Å²) in [6.07, 6.45) is 4.84. The summed E-state index contributed by atoms with van der Waals surface area (Å²) >= 11 is 6.21. The molecule has 3 aromatic heterocycles. The van der Waals surface area contributed by atoms with Crippen LogP contribution in [0, 0.1) is 0 Å². The summed E-state index contributed by atoms with van der Waals surface area (Å²) in [7, 11) is 0. The van der Waals surface area contributed by atoms with Crippen LogP contribution < -0.4 is 11.1 Å². The van der Waals surface area contributed by atoms with Gasteiger partial charge < -0.3 is 11.1 Å². The van der Waals surface area contributed by atoms with Crippen LogP contribution in [0.3, 0.4) is 0 Å². The van der Waals surface area contributed by atoms with E-state index in [2.05, 4.69) is 20.3 Å². The average molecular weight is 393 g/mol. The van der Waals surface area contributed by atoms with Gasteiger partial charge in [0.2, 0.25) is 5.95 Å². The van der Waals surface area contributed by atoms with Gasteiger partial charge in [0.15, 0.2) is 5.65 Å². The van der Waals surface area contributed by atoms with Crippen molar-refractivity contribution in [3.8, 4) is 11.4 Å². The summed E-state index contributed by atoms with van der Waals surface area (Å²) in [6, 6.07) is 13.5. The number of nitrogens with two attached hydrogens (primary N) is 1. The fourth-order valence-electron chi connectivity index (χ4n) is 3.00. The molecule has 4 rings (SSSR count). The van der Waals surface area contributed by atoms with Crippen LogP contribution >= 0.6 is 11.6 Å². The SMILES string of the molecule is C[C@H](Nc1ncc(C(N)=O)c(-c2cnc3c(Cl)cccn23)n1)c1ccccc1. The van der Waals surface area contributed by atoms with Crippen LogP contribution in [0.15, 0.2) is 61.1 Å². The number of imidazole rings is 1. The van der Waals surface area contributed by atoms with Crippen molar-refractivity contribution in [1.82, 2.24) is 19.4 Å². The highest BCUT2D eigenvalue weighted by molar-refractivity contribution is 6.33. The molecule has 3 N–H and O–H groups in total. The third kappa shape index (κ3) is 3.27. The normalized spacial score (nSPS) is 12.1. The highest BCUT2D eigenvalue weighted by Crippen LogP contribution is 2.27. The number of halogens is 1. The number of fused-ring (bicyclic) bond motifs is 1. The fraction of sp³-hybridized carbons (Fsp3) is 0.100. The predicted octanol–water partition coefficient (Wildman–Crippen LogP) is 3.72. The lowest BCUT2D eigenvalue weighted by atomic mass is 10.1. The van der Waals surface area contributed by atoms with E-state index in [0.717, 1.165) is 5.56 Å². The molecular weight excluding hydrogens is 376 g/mol. The third-order valence-corrected chi connectivity index (χ3v) is 4.73. The molecule has 0 aliphatic rings. The first-order valence-electron chi connectivity index (χ1n) is 8.65. The van der Waals surface area contributed by atoms with Crippen LogP contribution in [-0.4, -0.2) is 25.3 Å². The second kappa shape index (κ2) is 7.28. The molecule has 1 atom stereocenters. The summed E-state index contributed by atoms with van der Waals surface area (Å²) in [5.41, 5.74) is 8.40. The molecule has 140 valence electrons. The number of benzene rings is 1. The van der Waals surface area contributed by atoms with E-state index < -0.39 is 5.91 Å². The topological polar surface area (TPSA) is 98.2 Å². The molecule has 0 aliphatic carbocycles. The molecule has 0 bridgehead atoms. The minimum atomic E-state index is -0.616. The van der Waals surface area contributed by atoms with E-state index in [1.165, 1.54) is 6.20 Å². The lowest BCUT2D eigenvalue weighted by Crippen LogP contribution is -2.16. The predicted molar refractivity (Wildman–Crippen MR) is 108 cm³/mol. The largest absolute Gasteiger partial charge is 0.365 e. The van der Waals surface area contributed by atoms with Crippen molar-refractivity contribution in [2.75, 3.05) is 5.32 Å². The van der Waals surface area contributed by atoms with Gasteiger partial charge >= 0.3 is 0 Å². The molecule has 1 aromatic carbocycles. The number of hydrogen-bond acceptors (Lipinski definition) is 5. The van der Waals surface area contributed by atoms with E-state index in [4.69, 9.17) is 17.3 Å². The van der Waals surface area contributed by atoms with Gasteiger partial charge in [-0.25, -0.2) is 15.0 Å². The van der Waals surface area contributed by atoms with Gasteiger partial charge in [-0.15, -0.1) is 0 Å². The zero-order valence-electron chi connectivity index (χ0n) is 15.0. The Morgan fingerprint density at radius 3 is 2.68 bits per heavy atom. The number of aromatic nitrogens is 4. The van der Waals surface area contributed by atoms with Crippen molar-refractivity contribution in [3.63, 3.8) is 0 Å². The molecule has 28 heavy (non-hydrogen) atoms. The lowest BCUT2D eigenvalue weighted by Gasteiger charge is -2.15. The summed E-state index contributed by atoms with van der Waals surface area (Å²) in [5.74, 6) is -0.233. The Kier molecular flexibility index (Phi) is 4.67. The number of primary amides is 1. The van der Waals surface area contributed by atoms with Gasteiger partial charge in [0.05, 0.1) is 28.5 Å². The zero-order valence-corrected chi connectivity index (χ0v) is 15.8. The molecule has 8 heteroatoms. The van der Waals surface area contributed by atoms with Crippen LogP contribution in [0.1, 0.15) is 28.9 Å². The smallest absolute Gasteiger partial charge is 0.252 e. The van der Waals surface area contributed by atoms with Crippen LogP contribution in [0.2, 0.25) is 5.02 Å². The Hall–Kier alpha value is -3.45. The van der Waals surface area contributed by atoms with Crippen molar-refractivity contribution in [2.24, 2.45) is 5.73 Å². The van der Waals surface area contributed by atoms with Gasteiger partial charge in [-0.2, -0.15) is 0 Å². The second-order valence-corrected chi connectivity index (χ2v) is 6.70. The van der Waals surface area contributed by atoms with Gasteiger partial charge in [0.1, 0.15) is 5.69 Å². The first kappa shape index (κ1) is 17.9. The number of nitrogens with zero attached hydrogens (tertiary/aromatic N) is 4.